The van der Waals surface area contributed by atoms with Crippen LogP contribution in [-0.2, 0) is 9.47 Å². The van der Waals surface area contributed by atoms with Crippen molar-refractivity contribution in [1.82, 2.24) is 0 Å². The quantitative estimate of drug-likeness (QED) is 0.698. The molecule has 0 fully saturated rings. The van der Waals surface area contributed by atoms with Gasteiger partial charge in [0.2, 0.25) is 0 Å². The van der Waals surface area contributed by atoms with Gasteiger partial charge in [0.1, 0.15) is 18.5 Å². The summed E-state index contributed by atoms with van der Waals surface area (Å²) in [6.07, 6.45) is -0.772. The lowest BCUT2D eigenvalue weighted by Crippen LogP contribution is -2.27. The average molecular weight is 282 g/mol. The molecule has 0 saturated heterocycles. The summed E-state index contributed by atoms with van der Waals surface area (Å²) in [7, 11) is 1.60. The van der Waals surface area contributed by atoms with Crippen LogP contribution in [0.1, 0.15) is 24.2 Å². The van der Waals surface area contributed by atoms with Crippen LogP contribution >= 0.6 is 0 Å². The molecule has 1 rings (SSSR count). The highest BCUT2D eigenvalue weighted by Crippen LogP contribution is 2.12. The van der Waals surface area contributed by atoms with Gasteiger partial charge in [0, 0.05) is 12.7 Å². The first-order valence-corrected chi connectivity index (χ1v) is 6.55. The second-order valence-corrected chi connectivity index (χ2v) is 4.64. The molecule has 0 aliphatic rings. The van der Waals surface area contributed by atoms with Crippen LogP contribution in [0, 0.1) is 0 Å². The predicted molar refractivity (Wildman–Crippen MR) is 75.2 cm³/mol. The Bertz CT molecular complexity index is 401. The monoisotopic (exact) mass is 282 g/mol. The van der Waals surface area contributed by atoms with E-state index in [2.05, 4.69) is 0 Å². The van der Waals surface area contributed by atoms with E-state index in [1.165, 1.54) is 6.92 Å². The van der Waals surface area contributed by atoms with E-state index >= 15 is 0 Å². The van der Waals surface area contributed by atoms with Crippen molar-refractivity contribution in [1.29, 1.82) is 0 Å². The normalized spacial score (nSPS) is 13.8. The number of Topliss-reactive ketones (excluding diaryl/α,β-unsaturated/α-hetero) is 1. The van der Waals surface area contributed by atoms with Crippen molar-refractivity contribution in [2.45, 2.75) is 26.1 Å². The highest BCUT2D eigenvalue weighted by molar-refractivity contribution is 5.94. The Morgan fingerprint density at radius 3 is 2.40 bits per heavy atom. The van der Waals surface area contributed by atoms with Crippen molar-refractivity contribution >= 4 is 5.78 Å². The van der Waals surface area contributed by atoms with E-state index in [9.17, 15) is 9.90 Å². The van der Waals surface area contributed by atoms with Crippen molar-refractivity contribution < 1.29 is 24.1 Å². The highest BCUT2D eigenvalue weighted by Gasteiger charge is 2.09. The molecule has 0 aliphatic carbocycles. The van der Waals surface area contributed by atoms with E-state index < -0.39 is 6.10 Å². The zero-order valence-electron chi connectivity index (χ0n) is 12.2. The molecule has 0 amide bonds. The number of methoxy groups -OCH3 is 1. The van der Waals surface area contributed by atoms with Gasteiger partial charge in [-0.3, -0.25) is 4.79 Å². The van der Waals surface area contributed by atoms with E-state index in [0.717, 1.165) is 0 Å². The maximum Gasteiger partial charge on any atom is 0.159 e. The molecule has 20 heavy (non-hydrogen) atoms. The largest absolute Gasteiger partial charge is 0.491 e. The molecule has 1 aromatic carbocycles. The Hall–Kier alpha value is -1.43. The topological polar surface area (TPSA) is 65.0 Å². The fourth-order valence-corrected chi connectivity index (χ4v) is 1.58. The Balaban J connectivity index is 2.30. The highest BCUT2D eigenvalue weighted by atomic mass is 16.5. The van der Waals surface area contributed by atoms with Crippen LogP contribution in [0.25, 0.3) is 0 Å². The van der Waals surface area contributed by atoms with Crippen molar-refractivity contribution in [2.75, 3.05) is 26.9 Å². The molecule has 1 N–H and O–H groups in total. The number of ketones is 1. The third-order valence-electron chi connectivity index (χ3n) is 2.68. The third kappa shape index (κ3) is 6.14. The number of hydrogen-bond acceptors (Lipinski definition) is 5. The fourth-order valence-electron chi connectivity index (χ4n) is 1.58. The molecule has 0 bridgehead atoms. The molecule has 0 aromatic heterocycles. The zero-order valence-corrected chi connectivity index (χ0v) is 12.2. The number of aliphatic hydroxyl groups is 1. The van der Waals surface area contributed by atoms with Gasteiger partial charge in [0.25, 0.3) is 0 Å². The molecule has 112 valence electrons. The SMILES string of the molecule is COCC(C)OCC(O)COc1ccc(C(C)=O)cc1. The molecular weight excluding hydrogens is 260 g/mol. The van der Waals surface area contributed by atoms with E-state index in [0.29, 0.717) is 17.9 Å². The number of carbonyl (C=O) groups is 1. The van der Waals surface area contributed by atoms with Crippen LogP contribution in [0.2, 0.25) is 0 Å². The van der Waals surface area contributed by atoms with Crippen LogP contribution in [0.5, 0.6) is 5.75 Å². The van der Waals surface area contributed by atoms with Crippen molar-refractivity contribution in [2.24, 2.45) is 0 Å². The van der Waals surface area contributed by atoms with E-state index in [-0.39, 0.29) is 25.1 Å². The first-order chi connectivity index (χ1) is 9.52. The second kappa shape index (κ2) is 8.68. The molecule has 5 heteroatoms. The smallest absolute Gasteiger partial charge is 0.159 e. The molecule has 0 aliphatic heterocycles. The molecule has 0 spiro atoms. The van der Waals surface area contributed by atoms with Gasteiger partial charge in [-0.1, -0.05) is 0 Å². The molecule has 0 radical (unpaired) electrons. The van der Waals surface area contributed by atoms with Crippen molar-refractivity contribution in [3.63, 3.8) is 0 Å². The lowest BCUT2D eigenvalue weighted by Gasteiger charge is -2.16. The minimum Gasteiger partial charge on any atom is -0.491 e. The van der Waals surface area contributed by atoms with Gasteiger partial charge in [0.15, 0.2) is 5.78 Å². The molecule has 0 heterocycles. The van der Waals surface area contributed by atoms with Crippen molar-refractivity contribution in [3.8, 4) is 5.75 Å². The summed E-state index contributed by atoms with van der Waals surface area (Å²) in [5.74, 6) is 0.621. The number of benzene rings is 1. The van der Waals surface area contributed by atoms with Gasteiger partial charge in [0.05, 0.1) is 19.3 Å². The number of carbonyl (C=O) groups excluding carboxylic acids is 1. The van der Waals surface area contributed by atoms with Gasteiger partial charge in [-0.25, -0.2) is 0 Å². The molecule has 2 unspecified atom stereocenters. The van der Waals surface area contributed by atoms with Gasteiger partial charge in [-0.05, 0) is 38.1 Å². The van der Waals surface area contributed by atoms with Crippen LogP contribution in [0.3, 0.4) is 0 Å². The van der Waals surface area contributed by atoms with Crippen LogP contribution in [0.4, 0.5) is 0 Å². The maximum absolute atomic E-state index is 11.1. The van der Waals surface area contributed by atoms with Crippen molar-refractivity contribution in [3.05, 3.63) is 29.8 Å². The fraction of sp³-hybridized carbons (Fsp3) is 0.533. The summed E-state index contributed by atoms with van der Waals surface area (Å²) in [6.45, 7) is 4.20. The summed E-state index contributed by atoms with van der Waals surface area (Å²) in [5, 5.41) is 9.73. The summed E-state index contributed by atoms with van der Waals surface area (Å²) in [4.78, 5) is 11.1. The summed E-state index contributed by atoms with van der Waals surface area (Å²) in [6, 6.07) is 6.80. The molecule has 2 atom stereocenters. The molecule has 0 saturated carbocycles. The summed E-state index contributed by atoms with van der Waals surface area (Å²) < 4.78 is 15.7. The summed E-state index contributed by atoms with van der Waals surface area (Å²) in [5.41, 5.74) is 0.634. The van der Waals surface area contributed by atoms with E-state index in [1.54, 1.807) is 31.4 Å². The third-order valence-corrected chi connectivity index (χ3v) is 2.68. The number of aliphatic hydroxyl groups excluding tert-OH is 1. The molecular formula is C15H22O5. The van der Waals surface area contributed by atoms with Crippen LogP contribution < -0.4 is 4.74 Å². The minimum absolute atomic E-state index is 0.0112. The van der Waals surface area contributed by atoms with Gasteiger partial charge in [-0.2, -0.15) is 0 Å². The standard InChI is InChI=1S/C15H22O5/c1-11(8-18-3)19-9-14(17)10-20-15-6-4-13(5-7-15)12(2)16/h4-7,11,14,17H,8-10H2,1-3H3. The Kier molecular flexibility index (Phi) is 7.22. The van der Waals surface area contributed by atoms with E-state index in [1.807, 2.05) is 6.92 Å². The Morgan fingerprint density at radius 1 is 1.20 bits per heavy atom. The lowest BCUT2D eigenvalue weighted by molar-refractivity contribution is -0.0423. The summed E-state index contributed by atoms with van der Waals surface area (Å²) >= 11 is 0. The zero-order chi connectivity index (χ0) is 15.0. The van der Waals surface area contributed by atoms with Gasteiger partial charge in [-0.15, -0.1) is 0 Å². The van der Waals surface area contributed by atoms with Gasteiger partial charge < -0.3 is 19.3 Å². The average Bonchev–Trinajstić information content (AvgIpc) is 2.43. The Morgan fingerprint density at radius 2 is 1.85 bits per heavy atom. The first-order valence-electron chi connectivity index (χ1n) is 6.55. The number of ether oxygens (including phenoxy) is 3. The molecule has 5 nitrogen and oxygen atoms in total. The maximum atomic E-state index is 11.1. The lowest BCUT2D eigenvalue weighted by atomic mass is 10.1. The number of hydrogen-bond donors (Lipinski definition) is 1. The minimum atomic E-state index is -0.707. The van der Waals surface area contributed by atoms with E-state index in [4.69, 9.17) is 14.2 Å². The molecule has 1 aromatic rings. The predicted octanol–water partition coefficient (Wildman–Crippen LogP) is 1.68. The van der Waals surface area contributed by atoms with Crippen LogP contribution in [0.15, 0.2) is 24.3 Å². The first kappa shape index (κ1) is 16.6. The van der Waals surface area contributed by atoms with Crippen LogP contribution in [-0.4, -0.2) is 50.0 Å². The Labute approximate surface area is 119 Å². The number of rotatable bonds is 9. The second-order valence-electron chi connectivity index (χ2n) is 4.64. The van der Waals surface area contributed by atoms with Gasteiger partial charge >= 0.3 is 0 Å².